The highest BCUT2D eigenvalue weighted by molar-refractivity contribution is 7.90. The first-order valence-electron chi connectivity index (χ1n) is 23.6. The molecule has 3 aromatic carbocycles. The maximum absolute atomic E-state index is 14.3. The topological polar surface area (TPSA) is 201 Å². The van der Waals surface area contributed by atoms with Gasteiger partial charge in [0.2, 0.25) is 5.91 Å². The number of carbonyl (C=O) groups is 2. The molecule has 5 heterocycles. The number of nitro groups is 1. The molecule has 2 atom stereocenters. The maximum Gasteiger partial charge on any atom is 0.312 e. The number of pyridine rings is 1. The molecule has 18 nitrogen and oxygen atoms in total. The molecule has 3 aromatic heterocycles. The number of anilines is 1. The quantitative estimate of drug-likeness (QED) is 0.0682. The van der Waals surface area contributed by atoms with Crippen LogP contribution in [0.3, 0.4) is 0 Å². The number of likely N-dealkylation sites (N-methyl/N-ethyl adjacent to an activating group) is 1. The lowest BCUT2D eigenvalue weighted by Crippen LogP contribution is -2.47. The third kappa shape index (κ3) is 11.2. The van der Waals surface area contributed by atoms with Gasteiger partial charge in [-0.05, 0) is 110 Å². The summed E-state index contributed by atoms with van der Waals surface area (Å²) in [4.78, 5) is 55.4. The number of hydrogen-bond acceptors (Lipinski definition) is 13. The smallest absolute Gasteiger partial charge is 0.312 e. The van der Waals surface area contributed by atoms with Crippen LogP contribution in [0.1, 0.15) is 49.0 Å². The zero-order chi connectivity index (χ0) is 50.2. The fourth-order valence-corrected chi connectivity index (χ4v) is 11.1. The van der Waals surface area contributed by atoms with Crippen molar-refractivity contribution in [2.75, 3.05) is 84.6 Å². The Hall–Kier alpha value is -6.16. The summed E-state index contributed by atoms with van der Waals surface area (Å²) in [6.45, 7) is 9.60. The van der Waals surface area contributed by atoms with Crippen molar-refractivity contribution in [1.29, 1.82) is 0 Å². The second-order valence-corrected chi connectivity index (χ2v) is 22.3. The Morgan fingerprint density at radius 1 is 1.04 bits per heavy atom. The number of rotatable bonds is 14. The number of amides is 2. The Bertz CT molecular complexity index is 3130. The summed E-state index contributed by atoms with van der Waals surface area (Å²) in [6, 6.07) is 20.3. The van der Waals surface area contributed by atoms with Gasteiger partial charge in [0.1, 0.15) is 12.1 Å². The van der Waals surface area contributed by atoms with E-state index in [4.69, 9.17) is 21.1 Å². The normalized spacial score (nSPS) is 19.1. The number of sulfonamides is 1. The van der Waals surface area contributed by atoms with Gasteiger partial charge in [-0.15, -0.1) is 0 Å². The summed E-state index contributed by atoms with van der Waals surface area (Å²) < 4.78 is 43.7. The van der Waals surface area contributed by atoms with Crippen LogP contribution in [0.15, 0.2) is 95.7 Å². The van der Waals surface area contributed by atoms with Crippen LogP contribution < -0.4 is 14.4 Å². The molecule has 3 radical (unpaired) electrons. The molecule has 1 unspecified atom stereocenters. The first-order chi connectivity index (χ1) is 33.9. The number of H-pyrrole nitrogens is 1. The molecule has 0 saturated carbocycles. The van der Waals surface area contributed by atoms with Crippen LogP contribution in [0, 0.1) is 15.5 Å². The zero-order valence-electron chi connectivity index (χ0n) is 40.1. The second-order valence-electron chi connectivity index (χ2n) is 19.5. The van der Waals surface area contributed by atoms with Crippen LogP contribution in [0.4, 0.5) is 11.4 Å². The molecular weight excluding hydrogens is 964 g/mol. The van der Waals surface area contributed by atoms with Crippen molar-refractivity contribution in [3.63, 3.8) is 0 Å². The molecule has 2 N–H and O–H groups in total. The van der Waals surface area contributed by atoms with E-state index in [1.54, 1.807) is 53.1 Å². The number of aromatic nitrogens is 4. The summed E-state index contributed by atoms with van der Waals surface area (Å²) in [6.07, 6.45) is 5.93. The van der Waals surface area contributed by atoms with E-state index < -0.39 is 37.5 Å². The van der Waals surface area contributed by atoms with Crippen LogP contribution in [-0.2, 0) is 19.6 Å². The number of piperazine rings is 1. The predicted octanol–water partition coefficient (Wildman–Crippen LogP) is 6.49. The van der Waals surface area contributed by atoms with Crippen molar-refractivity contribution in [3.05, 3.63) is 117 Å². The monoisotopic (exact) mass is 1020 g/mol. The van der Waals surface area contributed by atoms with Gasteiger partial charge in [0.05, 0.1) is 45.8 Å². The highest BCUT2D eigenvalue weighted by Gasteiger charge is 2.32. The molecule has 3 aliphatic rings. The Morgan fingerprint density at radius 2 is 1.82 bits per heavy atom. The highest BCUT2D eigenvalue weighted by Crippen LogP contribution is 2.43. The molecule has 2 saturated heterocycles. The number of allylic oxidation sites excluding steroid dienone is 1. The molecule has 0 spiro atoms. The average Bonchev–Trinajstić information content (AvgIpc) is 3.93. The van der Waals surface area contributed by atoms with E-state index >= 15 is 0 Å². The van der Waals surface area contributed by atoms with E-state index in [1.165, 1.54) is 22.8 Å². The summed E-state index contributed by atoms with van der Waals surface area (Å²) in [5.41, 5.74) is 6.30. The minimum Gasteiger partial charge on any atom is -0.484 e. The summed E-state index contributed by atoms with van der Waals surface area (Å²) in [5, 5.41) is 17.1. The minimum atomic E-state index is -4.68. The van der Waals surface area contributed by atoms with E-state index in [9.17, 15) is 28.1 Å². The molecule has 2 aliphatic heterocycles. The molecule has 2 amide bonds. The van der Waals surface area contributed by atoms with Gasteiger partial charge in [0.25, 0.3) is 15.9 Å². The lowest BCUT2D eigenvalue weighted by molar-refractivity contribution is -0.386. The molecule has 9 rings (SSSR count). The van der Waals surface area contributed by atoms with Gasteiger partial charge in [-0.25, -0.2) is 23.1 Å². The SMILES string of the molecule is CN(C)CC(=O)N1CCO[C@H](COc2ccc(S(=O)(=O)NC(=O)c3ccc(N4CCN(CC5=C(c6ccc(Cl)cc6)CC(C)(C)CC5)CC4)cc3-n3[nH]cc4nc5nccc5cc43)cc2[N+](=O)[O-])C([Si])C1. The number of nitro benzene ring substituents is 1. The van der Waals surface area contributed by atoms with Gasteiger partial charge in [-0.1, -0.05) is 43.2 Å². The third-order valence-corrected chi connectivity index (χ3v) is 15.6. The van der Waals surface area contributed by atoms with Crippen LogP contribution in [0.2, 0.25) is 10.6 Å². The number of fused-ring (bicyclic) bond motifs is 2. The number of benzene rings is 3. The van der Waals surface area contributed by atoms with Crippen molar-refractivity contribution >= 4 is 82.7 Å². The number of halogens is 1. The Kier molecular flexibility index (Phi) is 14.4. The van der Waals surface area contributed by atoms with Crippen molar-refractivity contribution < 1.29 is 32.4 Å². The first kappa shape index (κ1) is 49.8. The standard InChI is InChI=1S/C50H56ClN10O8SSi/c1-50(2)15-13-34(39(26-50)32-5-7-35(51)8-6-32)28-57-17-19-58(20-18-57)36-9-11-38(41(24-36)60-42-23-33-14-16-52-48(33)54-40(42)27-53-60)49(63)55-70(66,67)37-10-12-44(43(25-37)61(64)65)69-31-45-46(71)29-59(21-22-68-45)47(62)30-56(3)4/h5-12,14,16,23-25,27,45-46,53H,13,15,17-22,26,28-31H2,1-4H3,(H,55,63)/t45-,46?/m1/s1. The van der Waals surface area contributed by atoms with Gasteiger partial charge < -0.3 is 24.2 Å². The average molecular weight is 1020 g/mol. The Morgan fingerprint density at radius 3 is 2.56 bits per heavy atom. The number of carbonyl (C=O) groups excluding carboxylic acids is 2. The van der Waals surface area contributed by atoms with Crippen molar-refractivity contribution in [2.45, 2.75) is 49.7 Å². The second kappa shape index (κ2) is 20.5. The third-order valence-electron chi connectivity index (χ3n) is 13.5. The van der Waals surface area contributed by atoms with Gasteiger partial charge in [-0.3, -0.25) is 34.4 Å². The van der Waals surface area contributed by atoms with Crippen molar-refractivity contribution in [3.8, 4) is 11.4 Å². The zero-order valence-corrected chi connectivity index (χ0v) is 42.6. The van der Waals surface area contributed by atoms with Crippen molar-refractivity contribution in [1.82, 2.24) is 39.2 Å². The van der Waals surface area contributed by atoms with Gasteiger partial charge in [0.15, 0.2) is 11.4 Å². The number of ether oxygens (including phenoxy) is 2. The first-order valence-corrected chi connectivity index (χ1v) is 26.0. The highest BCUT2D eigenvalue weighted by atomic mass is 35.5. The molecule has 71 heavy (non-hydrogen) atoms. The Labute approximate surface area is 420 Å². The van der Waals surface area contributed by atoms with E-state index in [0.717, 1.165) is 67.1 Å². The number of hydrogen-bond donors (Lipinski definition) is 2. The lowest BCUT2D eigenvalue weighted by Gasteiger charge is -2.39. The summed E-state index contributed by atoms with van der Waals surface area (Å²) >= 11 is 6.27. The van der Waals surface area contributed by atoms with Crippen LogP contribution in [0.25, 0.3) is 33.3 Å². The molecule has 21 heteroatoms. The predicted molar refractivity (Wildman–Crippen MR) is 273 cm³/mol. The van der Waals surface area contributed by atoms with Crippen LogP contribution in [0.5, 0.6) is 5.75 Å². The van der Waals surface area contributed by atoms with Crippen LogP contribution in [-0.4, -0.2) is 156 Å². The minimum absolute atomic E-state index is 0.0244. The largest absolute Gasteiger partial charge is 0.484 e. The van der Waals surface area contributed by atoms with E-state index in [-0.39, 0.29) is 47.9 Å². The number of aromatic amines is 1. The molecule has 2 fully saturated rings. The molecular formula is C50H56ClN10O8SSi. The van der Waals surface area contributed by atoms with Gasteiger partial charge >= 0.3 is 5.69 Å². The maximum atomic E-state index is 14.3. The molecule has 1 aliphatic carbocycles. The molecule has 0 bridgehead atoms. The van der Waals surface area contributed by atoms with Gasteiger partial charge in [0, 0.05) is 90.6 Å². The lowest BCUT2D eigenvalue weighted by atomic mass is 9.72. The van der Waals surface area contributed by atoms with E-state index in [2.05, 4.69) is 65.8 Å². The number of nitrogens with one attached hydrogen (secondary N) is 2. The van der Waals surface area contributed by atoms with E-state index in [0.29, 0.717) is 48.5 Å². The Balaban J connectivity index is 0.940. The molecule has 371 valence electrons. The van der Waals surface area contributed by atoms with Gasteiger partial charge in [-0.2, -0.15) is 0 Å². The summed E-state index contributed by atoms with van der Waals surface area (Å²) in [7, 11) is 2.58. The fraction of sp³-hybridized carbons (Fsp3) is 0.400. The van der Waals surface area contributed by atoms with Crippen molar-refractivity contribution in [2.24, 2.45) is 5.41 Å². The fourth-order valence-electron chi connectivity index (χ4n) is 9.58. The number of nitrogens with zero attached hydrogens (tertiary/aromatic N) is 8. The van der Waals surface area contributed by atoms with Crippen LogP contribution >= 0.6 is 11.6 Å². The van der Waals surface area contributed by atoms with E-state index in [1.807, 2.05) is 30.3 Å². The molecule has 6 aromatic rings. The summed E-state index contributed by atoms with van der Waals surface area (Å²) in [5.74, 6) is -1.21.